The van der Waals surface area contributed by atoms with E-state index in [1.165, 1.54) is 23.1 Å². The van der Waals surface area contributed by atoms with Crippen LogP contribution in [-0.2, 0) is 15.4 Å². The maximum Gasteiger partial charge on any atom is 0.462 e. The summed E-state index contributed by atoms with van der Waals surface area (Å²) in [5.41, 5.74) is 5.88. The molecular weight excluding hydrogens is 427 g/mol. The second kappa shape index (κ2) is 12.6. The number of aryl methyl sites for hydroxylation is 1. The SMILES string of the molecule is CCC.COP(Oc1ccc(C(C)(C)C)cc1C=C(C)C)Oc1ccc(C)cc1C(C)(C)C. The van der Waals surface area contributed by atoms with Crippen LogP contribution in [0.1, 0.15) is 97.9 Å². The molecule has 0 aromatic heterocycles. The molecule has 184 valence electrons. The van der Waals surface area contributed by atoms with Gasteiger partial charge in [-0.25, -0.2) is 0 Å². The van der Waals surface area contributed by atoms with E-state index in [2.05, 4.69) is 107 Å². The van der Waals surface area contributed by atoms with Crippen molar-refractivity contribution in [3.05, 3.63) is 64.2 Å². The Kier molecular flexibility index (Phi) is 11.1. The van der Waals surface area contributed by atoms with Crippen molar-refractivity contribution >= 4 is 14.7 Å². The summed E-state index contributed by atoms with van der Waals surface area (Å²) < 4.78 is 18.1. The van der Waals surface area contributed by atoms with Gasteiger partial charge >= 0.3 is 8.60 Å². The van der Waals surface area contributed by atoms with Crippen LogP contribution in [0.15, 0.2) is 42.0 Å². The minimum atomic E-state index is -1.59. The van der Waals surface area contributed by atoms with Crippen molar-refractivity contribution in [2.24, 2.45) is 0 Å². The van der Waals surface area contributed by atoms with E-state index in [1.807, 2.05) is 12.1 Å². The quantitative estimate of drug-likeness (QED) is 0.392. The van der Waals surface area contributed by atoms with Gasteiger partial charge in [-0.1, -0.05) is 97.2 Å². The minimum Gasteiger partial charge on any atom is -0.417 e. The first-order chi connectivity index (χ1) is 15.2. The van der Waals surface area contributed by atoms with E-state index in [0.717, 1.165) is 22.6 Å². The van der Waals surface area contributed by atoms with Crippen LogP contribution in [-0.4, -0.2) is 7.11 Å². The monoisotopic (exact) mass is 472 g/mol. The zero-order valence-electron chi connectivity index (χ0n) is 22.9. The van der Waals surface area contributed by atoms with E-state index in [9.17, 15) is 0 Å². The van der Waals surface area contributed by atoms with Crippen LogP contribution in [0.2, 0.25) is 0 Å². The van der Waals surface area contributed by atoms with Gasteiger partial charge in [0.2, 0.25) is 0 Å². The van der Waals surface area contributed by atoms with E-state index in [1.54, 1.807) is 7.11 Å². The van der Waals surface area contributed by atoms with E-state index in [-0.39, 0.29) is 10.8 Å². The predicted octanol–water partition coefficient (Wildman–Crippen LogP) is 9.76. The summed E-state index contributed by atoms with van der Waals surface area (Å²) in [5, 5.41) is 0. The number of benzene rings is 2. The van der Waals surface area contributed by atoms with Crippen LogP contribution in [0.3, 0.4) is 0 Å². The highest BCUT2D eigenvalue weighted by atomic mass is 31.2. The van der Waals surface area contributed by atoms with Crippen molar-refractivity contribution in [1.82, 2.24) is 0 Å². The Bertz CT molecular complexity index is 913. The molecule has 0 saturated carbocycles. The largest absolute Gasteiger partial charge is 0.462 e. The van der Waals surface area contributed by atoms with Crippen LogP contribution in [0, 0.1) is 6.92 Å². The molecule has 0 radical (unpaired) electrons. The minimum absolute atomic E-state index is 0.0440. The van der Waals surface area contributed by atoms with Crippen molar-refractivity contribution < 1.29 is 13.6 Å². The van der Waals surface area contributed by atoms with E-state index >= 15 is 0 Å². The molecule has 0 bridgehead atoms. The van der Waals surface area contributed by atoms with Crippen LogP contribution >= 0.6 is 8.60 Å². The zero-order chi connectivity index (χ0) is 25.4. The van der Waals surface area contributed by atoms with E-state index in [0.29, 0.717) is 0 Å². The van der Waals surface area contributed by atoms with Gasteiger partial charge in [0.25, 0.3) is 0 Å². The highest BCUT2D eigenvalue weighted by Gasteiger charge is 2.24. The summed E-state index contributed by atoms with van der Waals surface area (Å²) in [4.78, 5) is 0. The second-order valence-electron chi connectivity index (χ2n) is 10.8. The number of rotatable bonds is 6. The molecule has 2 aromatic rings. The average molecular weight is 473 g/mol. The molecule has 0 saturated heterocycles. The Morgan fingerprint density at radius 2 is 1.39 bits per heavy atom. The summed E-state index contributed by atoms with van der Waals surface area (Å²) in [5.74, 6) is 1.57. The molecule has 0 aliphatic heterocycles. The summed E-state index contributed by atoms with van der Waals surface area (Å²) in [6, 6.07) is 12.6. The lowest BCUT2D eigenvalue weighted by Crippen LogP contribution is -2.13. The molecule has 4 heteroatoms. The van der Waals surface area contributed by atoms with Crippen molar-refractivity contribution in [2.45, 2.75) is 93.4 Å². The molecule has 0 fully saturated rings. The van der Waals surface area contributed by atoms with Gasteiger partial charge in [0.15, 0.2) is 0 Å². The maximum atomic E-state index is 6.24. The van der Waals surface area contributed by atoms with Crippen molar-refractivity contribution in [2.75, 3.05) is 7.11 Å². The first-order valence-electron chi connectivity index (χ1n) is 11.8. The molecule has 0 spiro atoms. The molecule has 2 aromatic carbocycles. The lowest BCUT2D eigenvalue weighted by atomic mass is 9.85. The second-order valence-corrected chi connectivity index (χ2v) is 11.9. The molecule has 0 aliphatic rings. The lowest BCUT2D eigenvalue weighted by molar-refractivity contribution is 0.320. The van der Waals surface area contributed by atoms with Gasteiger partial charge in [-0.15, -0.1) is 0 Å². The maximum absolute atomic E-state index is 6.24. The van der Waals surface area contributed by atoms with Crippen LogP contribution in [0.25, 0.3) is 6.08 Å². The lowest BCUT2D eigenvalue weighted by Gasteiger charge is -2.25. The van der Waals surface area contributed by atoms with E-state index in [4.69, 9.17) is 13.6 Å². The van der Waals surface area contributed by atoms with Gasteiger partial charge in [0, 0.05) is 18.2 Å². The average Bonchev–Trinajstić information content (AvgIpc) is 2.68. The molecule has 2 rings (SSSR count). The topological polar surface area (TPSA) is 27.7 Å². The van der Waals surface area contributed by atoms with Crippen LogP contribution in [0.4, 0.5) is 0 Å². The van der Waals surface area contributed by atoms with Crippen LogP contribution in [0.5, 0.6) is 11.5 Å². The number of hydrogen-bond donors (Lipinski definition) is 0. The molecular formula is C29H45O3P. The normalized spacial score (nSPS) is 12.4. The van der Waals surface area contributed by atoms with Crippen molar-refractivity contribution in [1.29, 1.82) is 0 Å². The number of hydrogen-bond acceptors (Lipinski definition) is 3. The molecule has 1 unspecified atom stereocenters. The van der Waals surface area contributed by atoms with Gasteiger partial charge in [0.1, 0.15) is 11.5 Å². The van der Waals surface area contributed by atoms with Crippen molar-refractivity contribution in [3.63, 3.8) is 0 Å². The third-order valence-corrected chi connectivity index (χ3v) is 5.75. The van der Waals surface area contributed by atoms with Gasteiger partial charge in [-0.3, -0.25) is 4.52 Å². The highest BCUT2D eigenvalue weighted by Crippen LogP contribution is 2.45. The third-order valence-electron chi connectivity index (χ3n) is 4.76. The summed E-state index contributed by atoms with van der Waals surface area (Å²) in [6.45, 7) is 23.7. The third kappa shape index (κ3) is 9.51. The Morgan fingerprint density at radius 1 is 0.848 bits per heavy atom. The van der Waals surface area contributed by atoms with Gasteiger partial charge in [-0.05, 0) is 55.4 Å². The Labute approximate surface area is 204 Å². The van der Waals surface area contributed by atoms with Crippen LogP contribution < -0.4 is 9.05 Å². The first kappa shape index (κ1) is 29.2. The smallest absolute Gasteiger partial charge is 0.417 e. The zero-order valence-corrected chi connectivity index (χ0v) is 23.8. The Hall–Kier alpha value is -1.83. The molecule has 0 heterocycles. The molecule has 3 nitrogen and oxygen atoms in total. The Balaban J connectivity index is 0.00000172. The summed E-state index contributed by atoms with van der Waals surface area (Å²) >= 11 is 0. The fraction of sp³-hybridized carbons (Fsp3) is 0.517. The molecule has 1 atom stereocenters. The summed E-state index contributed by atoms with van der Waals surface area (Å²) in [7, 11) is 0.0336. The summed E-state index contributed by atoms with van der Waals surface area (Å²) in [6.07, 6.45) is 3.39. The Morgan fingerprint density at radius 3 is 1.88 bits per heavy atom. The predicted molar refractivity (Wildman–Crippen MR) is 145 cm³/mol. The van der Waals surface area contributed by atoms with Gasteiger partial charge < -0.3 is 9.05 Å². The fourth-order valence-corrected chi connectivity index (χ4v) is 3.92. The molecule has 0 N–H and O–H groups in total. The molecule has 0 amide bonds. The standard InChI is InChI=1S/C26H37O3P.C3H8/c1-18(2)15-20-17-21(25(4,5)6)12-14-23(20)28-30(27-10)29-24-13-11-19(3)16-22(24)26(7,8)9;1-3-2/h11-17H,1-10H3;3H2,1-2H3. The van der Waals surface area contributed by atoms with E-state index < -0.39 is 8.60 Å². The molecule has 0 aliphatic carbocycles. The first-order valence-corrected chi connectivity index (χ1v) is 12.9. The van der Waals surface area contributed by atoms with Gasteiger partial charge in [-0.2, -0.15) is 0 Å². The number of allylic oxidation sites excluding steroid dienone is 1. The highest BCUT2D eigenvalue weighted by molar-refractivity contribution is 7.42. The van der Waals surface area contributed by atoms with Crippen molar-refractivity contribution in [3.8, 4) is 11.5 Å². The van der Waals surface area contributed by atoms with Gasteiger partial charge in [0.05, 0.1) is 0 Å². The fourth-order valence-electron chi connectivity index (χ4n) is 3.09. The molecule has 33 heavy (non-hydrogen) atoms.